The maximum Gasteiger partial charge on any atom is 0.130 e. The van der Waals surface area contributed by atoms with Crippen molar-refractivity contribution in [2.24, 2.45) is 0 Å². The molecule has 0 spiro atoms. The van der Waals surface area contributed by atoms with Crippen LogP contribution in [0.4, 0.5) is 5.82 Å². The first-order valence-electron chi connectivity index (χ1n) is 8.21. The number of anilines is 1. The van der Waals surface area contributed by atoms with E-state index in [4.69, 9.17) is 11.6 Å². The average Bonchev–Trinajstić information content (AvgIpc) is 2.63. The summed E-state index contributed by atoms with van der Waals surface area (Å²) in [6.07, 6.45) is 3.57. The van der Waals surface area contributed by atoms with Gasteiger partial charge in [0.15, 0.2) is 0 Å². The lowest BCUT2D eigenvalue weighted by molar-refractivity contribution is 0.249. The van der Waals surface area contributed by atoms with Gasteiger partial charge in [0.2, 0.25) is 0 Å². The predicted molar refractivity (Wildman–Crippen MR) is 98.5 cm³/mol. The first-order valence-corrected chi connectivity index (χ1v) is 8.59. The van der Waals surface area contributed by atoms with E-state index in [-0.39, 0.29) is 0 Å². The molecule has 122 valence electrons. The fraction of sp³-hybridized carbons (Fsp3) is 0.263. The van der Waals surface area contributed by atoms with E-state index in [1.165, 1.54) is 5.56 Å². The van der Waals surface area contributed by atoms with Crippen molar-refractivity contribution < 1.29 is 0 Å². The standard InChI is InChI=1S/C19H19ClN4/c20-17-6-7-21-18-12-19(22-13-16(17)18)24-10-8-23(9-11-24)14-15-4-2-1-3-5-15/h1-7,12-13H,8-11,14H2. The average molecular weight is 339 g/mol. The second-order valence-electron chi connectivity index (χ2n) is 6.10. The van der Waals surface area contributed by atoms with Crippen LogP contribution in [0.3, 0.4) is 0 Å². The lowest BCUT2D eigenvalue weighted by Gasteiger charge is -2.35. The molecule has 0 N–H and O–H groups in total. The van der Waals surface area contributed by atoms with E-state index in [0.29, 0.717) is 5.02 Å². The van der Waals surface area contributed by atoms with Gasteiger partial charge in [-0.25, -0.2) is 4.98 Å². The van der Waals surface area contributed by atoms with Crippen LogP contribution in [0.5, 0.6) is 0 Å². The molecule has 1 fully saturated rings. The number of halogens is 1. The Morgan fingerprint density at radius 1 is 0.958 bits per heavy atom. The number of rotatable bonds is 3. The van der Waals surface area contributed by atoms with Crippen molar-refractivity contribution in [3.8, 4) is 0 Å². The zero-order valence-electron chi connectivity index (χ0n) is 13.4. The Balaban J connectivity index is 1.44. The van der Waals surface area contributed by atoms with Gasteiger partial charge in [-0.1, -0.05) is 41.9 Å². The molecule has 4 nitrogen and oxygen atoms in total. The predicted octanol–water partition coefficient (Wildman–Crippen LogP) is 3.61. The minimum atomic E-state index is 0.701. The van der Waals surface area contributed by atoms with Crippen molar-refractivity contribution in [3.05, 3.63) is 65.4 Å². The molecule has 24 heavy (non-hydrogen) atoms. The summed E-state index contributed by atoms with van der Waals surface area (Å²) in [5, 5.41) is 1.61. The number of nitrogens with zero attached hydrogens (tertiary/aromatic N) is 4. The molecule has 3 aromatic rings. The van der Waals surface area contributed by atoms with Crippen molar-refractivity contribution in [3.63, 3.8) is 0 Å². The first-order chi connectivity index (χ1) is 11.8. The van der Waals surface area contributed by atoms with Crippen molar-refractivity contribution in [2.45, 2.75) is 6.54 Å². The highest BCUT2D eigenvalue weighted by Gasteiger charge is 2.18. The molecular weight excluding hydrogens is 320 g/mol. The number of hydrogen-bond acceptors (Lipinski definition) is 4. The van der Waals surface area contributed by atoms with E-state index >= 15 is 0 Å². The first kappa shape index (κ1) is 15.4. The molecule has 0 saturated carbocycles. The molecule has 5 heteroatoms. The van der Waals surface area contributed by atoms with Crippen LogP contribution in [0.15, 0.2) is 54.9 Å². The van der Waals surface area contributed by atoms with Crippen LogP contribution < -0.4 is 4.90 Å². The van der Waals surface area contributed by atoms with Crippen LogP contribution in [-0.4, -0.2) is 41.0 Å². The monoisotopic (exact) mass is 338 g/mol. The molecule has 1 aromatic carbocycles. The third-order valence-corrected chi connectivity index (χ3v) is 4.83. The summed E-state index contributed by atoms with van der Waals surface area (Å²) in [5.74, 6) is 0.983. The molecule has 0 bridgehead atoms. The van der Waals surface area contributed by atoms with E-state index in [1.54, 1.807) is 12.3 Å². The minimum absolute atomic E-state index is 0.701. The summed E-state index contributed by atoms with van der Waals surface area (Å²) < 4.78 is 0. The number of aromatic nitrogens is 2. The van der Waals surface area contributed by atoms with Gasteiger partial charge in [0, 0.05) is 56.6 Å². The van der Waals surface area contributed by atoms with Gasteiger partial charge in [0.1, 0.15) is 5.82 Å². The highest BCUT2D eigenvalue weighted by Crippen LogP contribution is 2.24. The van der Waals surface area contributed by atoms with Gasteiger partial charge in [-0.15, -0.1) is 0 Å². The number of fused-ring (bicyclic) bond motifs is 1. The van der Waals surface area contributed by atoms with E-state index in [0.717, 1.165) is 49.4 Å². The molecule has 2 aromatic heterocycles. The SMILES string of the molecule is Clc1ccnc2cc(N3CCN(Cc4ccccc4)CC3)ncc12. The third-order valence-electron chi connectivity index (χ3n) is 4.50. The van der Waals surface area contributed by atoms with Crippen LogP contribution >= 0.6 is 11.6 Å². The number of hydrogen-bond donors (Lipinski definition) is 0. The van der Waals surface area contributed by atoms with Crippen LogP contribution in [0.1, 0.15) is 5.56 Å². The summed E-state index contributed by atoms with van der Waals surface area (Å²) >= 11 is 6.19. The van der Waals surface area contributed by atoms with Crippen molar-refractivity contribution in [1.29, 1.82) is 0 Å². The zero-order chi connectivity index (χ0) is 16.4. The van der Waals surface area contributed by atoms with E-state index in [9.17, 15) is 0 Å². The van der Waals surface area contributed by atoms with Crippen LogP contribution in [-0.2, 0) is 6.54 Å². The Kier molecular flexibility index (Phi) is 4.32. The molecule has 1 saturated heterocycles. The summed E-state index contributed by atoms with van der Waals surface area (Å²) in [5.41, 5.74) is 2.27. The van der Waals surface area contributed by atoms with E-state index in [2.05, 4.69) is 50.1 Å². The topological polar surface area (TPSA) is 32.3 Å². The number of piperazine rings is 1. The van der Waals surface area contributed by atoms with Crippen molar-refractivity contribution in [2.75, 3.05) is 31.1 Å². The van der Waals surface area contributed by atoms with Gasteiger partial charge in [-0.3, -0.25) is 9.88 Å². The fourth-order valence-electron chi connectivity index (χ4n) is 3.15. The Morgan fingerprint density at radius 2 is 1.75 bits per heavy atom. The summed E-state index contributed by atoms with van der Waals surface area (Å²) in [6.45, 7) is 5.05. The molecule has 4 rings (SSSR count). The lowest BCUT2D eigenvalue weighted by Crippen LogP contribution is -2.46. The van der Waals surface area contributed by atoms with Gasteiger partial charge in [-0.05, 0) is 11.6 Å². The Morgan fingerprint density at radius 3 is 2.54 bits per heavy atom. The molecule has 0 aliphatic carbocycles. The van der Waals surface area contributed by atoms with Crippen molar-refractivity contribution >= 4 is 28.3 Å². The second-order valence-corrected chi connectivity index (χ2v) is 6.51. The molecular formula is C19H19ClN4. The summed E-state index contributed by atoms with van der Waals surface area (Å²) in [7, 11) is 0. The quantitative estimate of drug-likeness (QED) is 0.730. The second kappa shape index (κ2) is 6.75. The number of pyridine rings is 2. The fourth-order valence-corrected chi connectivity index (χ4v) is 3.35. The zero-order valence-corrected chi connectivity index (χ0v) is 14.2. The van der Waals surface area contributed by atoms with Crippen molar-refractivity contribution in [1.82, 2.24) is 14.9 Å². The highest BCUT2D eigenvalue weighted by atomic mass is 35.5. The summed E-state index contributed by atoms with van der Waals surface area (Å²) in [4.78, 5) is 13.8. The third kappa shape index (κ3) is 3.21. The van der Waals surface area contributed by atoms with Crippen LogP contribution in [0.25, 0.3) is 10.9 Å². The Hall–Kier alpha value is -2.17. The van der Waals surface area contributed by atoms with Crippen LogP contribution in [0, 0.1) is 0 Å². The molecule has 3 heterocycles. The Bertz CT molecular complexity index is 829. The van der Waals surface area contributed by atoms with E-state index in [1.807, 2.05) is 12.3 Å². The number of benzene rings is 1. The molecule has 0 atom stereocenters. The maximum atomic E-state index is 6.19. The minimum Gasteiger partial charge on any atom is -0.354 e. The molecule has 0 radical (unpaired) electrons. The van der Waals surface area contributed by atoms with Crippen LogP contribution in [0.2, 0.25) is 5.02 Å². The van der Waals surface area contributed by atoms with Gasteiger partial charge in [0.05, 0.1) is 10.5 Å². The maximum absolute atomic E-state index is 6.19. The largest absolute Gasteiger partial charge is 0.354 e. The molecule has 0 unspecified atom stereocenters. The molecule has 1 aliphatic rings. The normalized spacial score (nSPS) is 15.8. The van der Waals surface area contributed by atoms with E-state index < -0.39 is 0 Å². The summed E-state index contributed by atoms with van der Waals surface area (Å²) in [6, 6.07) is 14.5. The van der Waals surface area contributed by atoms with Gasteiger partial charge < -0.3 is 4.90 Å². The smallest absolute Gasteiger partial charge is 0.130 e. The van der Waals surface area contributed by atoms with Gasteiger partial charge in [0.25, 0.3) is 0 Å². The highest BCUT2D eigenvalue weighted by molar-refractivity contribution is 6.35. The molecule has 0 amide bonds. The molecule has 1 aliphatic heterocycles. The lowest BCUT2D eigenvalue weighted by atomic mass is 10.2. The van der Waals surface area contributed by atoms with Gasteiger partial charge in [-0.2, -0.15) is 0 Å². The Labute approximate surface area is 146 Å². The van der Waals surface area contributed by atoms with Gasteiger partial charge >= 0.3 is 0 Å².